The number of aryl methyl sites for hydroxylation is 1. The number of phenolic OH excluding ortho intramolecular Hbond substituents is 1. The monoisotopic (exact) mass is 210 g/mol. The van der Waals surface area contributed by atoms with Gasteiger partial charge in [0.2, 0.25) is 0 Å². The van der Waals surface area contributed by atoms with E-state index in [1.165, 1.54) is 13.2 Å². The molecule has 0 radical (unpaired) electrons. The summed E-state index contributed by atoms with van der Waals surface area (Å²) in [4.78, 5) is 11.4. The quantitative estimate of drug-likeness (QED) is 0.774. The minimum absolute atomic E-state index is 0.0637. The van der Waals surface area contributed by atoms with E-state index in [-0.39, 0.29) is 5.75 Å². The highest BCUT2D eigenvalue weighted by atomic mass is 16.5. The van der Waals surface area contributed by atoms with Crippen LogP contribution in [0.25, 0.3) is 0 Å². The summed E-state index contributed by atoms with van der Waals surface area (Å²) in [5.74, 6) is -0.153. The van der Waals surface area contributed by atoms with E-state index >= 15 is 0 Å². The van der Waals surface area contributed by atoms with Crippen LogP contribution >= 0.6 is 0 Å². The lowest BCUT2D eigenvalue weighted by molar-refractivity contribution is 0.0525. The van der Waals surface area contributed by atoms with Gasteiger partial charge in [-0.15, -0.1) is 0 Å². The first-order valence-corrected chi connectivity index (χ1v) is 4.64. The van der Waals surface area contributed by atoms with Crippen LogP contribution in [0.1, 0.15) is 22.8 Å². The second-order valence-electron chi connectivity index (χ2n) is 3.06. The van der Waals surface area contributed by atoms with Gasteiger partial charge in [0, 0.05) is 0 Å². The van der Waals surface area contributed by atoms with Gasteiger partial charge >= 0.3 is 5.97 Å². The number of ether oxygens (including phenoxy) is 2. The Bertz CT molecular complexity index is 371. The fraction of sp³-hybridized carbons (Fsp3) is 0.364. The van der Waals surface area contributed by atoms with Crippen molar-refractivity contribution in [1.82, 2.24) is 0 Å². The van der Waals surface area contributed by atoms with E-state index in [1.807, 2.05) is 0 Å². The summed E-state index contributed by atoms with van der Waals surface area (Å²) in [6.07, 6.45) is 0. The van der Waals surface area contributed by atoms with Crippen LogP contribution in [0.2, 0.25) is 0 Å². The Kier molecular flexibility index (Phi) is 3.55. The highest BCUT2D eigenvalue weighted by Gasteiger charge is 2.13. The Morgan fingerprint density at radius 1 is 1.47 bits per heavy atom. The van der Waals surface area contributed by atoms with Crippen LogP contribution in [0.15, 0.2) is 12.1 Å². The Labute approximate surface area is 88.4 Å². The Morgan fingerprint density at radius 2 is 2.13 bits per heavy atom. The maximum absolute atomic E-state index is 11.4. The lowest BCUT2D eigenvalue weighted by Gasteiger charge is -2.09. The molecule has 0 bridgehead atoms. The van der Waals surface area contributed by atoms with Gasteiger partial charge < -0.3 is 14.6 Å². The van der Waals surface area contributed by atoms with Crippen molar-refractivity contribution in [2.75, 3.05) is 13.7 Å². The first-order valence-electron chi connectivity index (χ1n) is 4.64. The first kappa shape index (κ1) is 11.4. The lowest BCUT2D eigenvalue weighted by atomic mass is 10.1. The fourth-order valence-electron chi connectivity index (χ4n) is 1.26. The average Bonchev–Trinajstić information content (AvgIpc) is 2.21. The Hall–Kier alpha value is -1.71. The predicted octanol–water partition coefficient (Wildman–Crippen LogP) is 1.89. The summed E-state index contributed by atoms with van der Waals surface area (Å²) in [6, 6.07) is 2.95. The van der Waals surface area contributed by atoms with Gasteiger partial charge in [0.05, 0.1) is 19.3 Å². The highest BCUT2D eigenvalue weighted by Crippen LogP contribution is 2.29. The molecule has 0 aromatic heterocycles. The first-order chi connectivity index (χ1) is 7.10. The van der Waals surface area contributed by atoms with Gasteiger partial charge in [0.1, 0.15) is 0 Å². The smallest absolute Gasteiger partial charge is 0.338 e. The van der Waals surface area contributed by atoms with Gasteiger partial charge in [-0.05, 0) is 31.5 Å². The SMILES string of the molecule is CCOC(=O)c1cc(O)c(OC)cc1C. The number of phenols is 1. The summed E-state index contributed by atoms with van der Waals surface area (Å²) in [5, 5.41) is 9.50. The van der Waals surface area contributed by atoms with Crippen LogP contribution in [0.3, 0.4) is 0 Å². The van der Waals surface area contributed by atoms with Gasteiger partial charge in [0.15, 0.2) is 11.5 Å². The second kappa shape index (κ2) is 4.68. The zero-order valence-corrected chi connectivity index (χ0v) is 9.03. The second-order valence-corrected chi connectivity index (χ2v) is 3.06. The van der Waals surface area contributed by atoms with Crippen molar-refractivity contribution in [2.24, 2.45) is 0 Å². The van der Waals surface area contributed by atoms with Crippen LogP contribution in [-0.2, 0) is 4.74 Å². The third-order valence-corrected chi connectivity index (χ3v) is 2.02. The van der Waals surface area contributed by atoms with Gasteiger partial charge in [-0.3, -0.25) is 0 Å². The number of hydrogen-bond donors (Lipinski definition) is 1. The minimum Gasteiger partial charge on any atom is -0.504 e. The van der Waals surface area contributed by atoms with Crippen LogP contribution in [0, 0.1) is 6.92 Å². The average molecular weight is 210 g/mol. The summed E-state index contributed by atoms with van der Waals surface area (Å²) < 4.78 is 9.76. The van der Waals surface area contributed by atoms with Crippen molar-refractivity contribution in [3.8, 4) is 11.5 Å². The Morgan fingerprint density at radius 3 is 2.67 bits per heavy atom. The normalized spacial score (nSPS) is 9.80. The molecule has 1 N–H and O–H groups in total. The predicted molar refractivity (Wildman–Crippen MR) is 55.4 cm³/mol. The largest absolute Gasteiger partial charge is 0.504 e. The third kappa shape index (κ3) is 2.40. The molecule has 0 aliphatic carbocycles. The van der Waals surface area contributed by atoms with E-state index in [0.29, 0.717) is 23.5 Å². The number of aromatic hydroxyl groups is 1. The molecule has 0 aliphatic rings. The molecular formula is C11H14O4. The molecule has 0 saturated heterocycles. The van der Waals surface area contributed by atoms with Crippen molar-refractivity contribution >= 4 is 5.97 Å². The molecule has 4 heteroatoms. The molecule has 0 fully saturated rings. The van der Waals surface area contributed by atoms with Crippen molar-refractivity contribution in [2.45, 2.75) is 13.8 Å². The minimum atomic E-state index is -0.437. The molecule has 0 saturated carbocycles. The molecule has 82 valence electrons. The topological polar surface area (TPSA) is 55.8 Å². The van der Waals surface area contributed by atoms with Crippen LogP contribution < -0.4 is 4.74 Å². The molecule has 4 nitrogen and oxygen atoms in total. The maximum atomic E-state index is 11.4. The van der Waals surface area contributed by atoms with E-state index in [9.17, 15) is 9.90 Å². The fourth-order valence-corrected chi connectivity index (χ4v) is 1.26. The van der Waals surface area contributed by atoms with Crippen LogP contribution in [0.4, 0.5) is 0 Å². The molecule has 1 aromatic rings. The molecule has 0 amide bonds. The molecule has 15 heavy (non-hydrogen) atoms. The molecule has 0 spiro atoms. The van der Waals surface area contributed by atoms with E-state index < -0.39 is 5.97 Å². The zero-order chi connectivity index (χ0) is 11.4. The number of rotatable bonds is 3. The number of carbonyl (C=O) groups excluding carboxylic acids is 1. The molecule has 0 heterocycles. The van der Waals surface area contributed by atoms with E-state index in [2.05, 4.69) is 0 Å². The third-order valence-electron chi connectivity index (χ3n) is 2.02. The van der Waals surface area contributed by atoms with Gasteiger partial charge in [-0.25, -0.2) is 4.79 Å². The highest BCUT2D eigenvalue weighted by molar-refractivity contribution is 5.91. The summed E-state index contributed by atoms with van der Waals surface area (Å²) in [7, 11) is 1.46. The standard InChI is InChI=1S/C11H14O4/c1-4-15-11(13)8-6-9(12)10(14-3)5-7(8)2/h5-6,12H,4H2,1-3H3. The van der Waals surface area contributed by atoms with Crippen LogP contribution in [0.5, 0.6) is 11.5 Å². The number of benzene rings is 1. The molecule has 0 atom stereocenters. The maximum Gasteiger partial charge on any atom is 0.338 e. The number of esters is 1. The van der Waals surface area contributed by atoms with Crippen molar-refractivity contribution in [1.29, 1.82) is 0 Å². The summed E-state index contributed by atoms with van der Waals surface area (Å²) in [5.41, 5.74) is 1.07. The summed E-state index contributed by atoms with van der Waals surface area (Å²) >= 11 is 0. The molecule has 0 aliphatic heterocycles. The van der Waals surface area contributed by atoms with Gasteiger partial charge in [-0.2, -0.15) is 0 Å². The van der Waals surface area contributed by atoms with Crippen molar-refractivity contribution in [3.63, 3.8) is 0 Å². The van der Waals surface area contributed by atoms with Crippen molar-refractivity contribution in [3.05, 3.63) is 23.3 Å². The van der Waals surface area contributed by atoms with E-state index in [4.69, 9.17) is 9.47 Å². The number of carbonyl (C=O) groups is 1. The molecule has 1 aromatic carbocycles. The van der Waals surface area contributed by atoms with Crippen molar-refractivity contribution < 1.29 is 19.4 Å². The van der Waals surface area contributed by atoms with Gasteiger partial charge in [-0.1, -0.05) is 0 Å². The lowest BCUT2D eigenvalue weighted by Crippen LogP contribution is -2.06. The zero-order valence-electron chi connectivity index (χ0n) is 9.03. The molecule has 1 rings (SSSR count). The molecule has 0 unspecified atom stereocenters. The van der Waals surface area contributed by atoms with Gasteiger partial charge in [0.25, 0.3) is 0 Å². The number of hydrogen-bond acceptors (Lipinski definition) is 4. The van der Waals surface area contributed by atoms with E-state index in [0.717, 1.165) is 0 Å². The van der Waals surface area contributed by atoms with E-state index in [1.54, 1.807) is 19.9 Å². The Balaban J connectivity index is 3.10. The number of methoxy groups -OCH3 is 1. The molecular weight excluding hydrogens is 196 g/mol. The summed E-state index contributed by atoms with van der Waals surface area (Å²) in [6.45, 7) is 3.80. The van der Waals surface area contributed by atoms with Crippen LogP contribution in [-0.4, -0.2) is 24.8 Å².